The molecule has 4 aromatic rings. The van der Waals surface area contributed by atoms with Crippen molar-refractivity contribution in [3.63, 3.8) is 0 Å². The second kappa shape index (κ2) is 8.03. The van der Waals surface area contributed by atoms with E-state index in [9.17, 15) is 4.79 Å². The second-order valence-corrected chi connectivity index (χ2v) is 7.72. The number of anilines is 1. The Kier molecular flexibility index (Phi) is 4.93. The minimum atomic E-state index is -0.175. The topological polar surface area (TPSA) is 67.0 Å². The molecule has 1 atom stereocenters. The van der Waals surface area contributed by atoms with Gasteiger partial charge in [0, 0.05) is 17.0 Å². The van der Waals surface area contributed by atoms with Crippen molar-refractivity contribution >= 4 is 33.4 Å². The number of H-pyrrole nitrogens is 1. The number of fused-ring (bicyclic) bond motifs is 2. The number of hydrogen-bond donors (Lipinski definition) is 2. The van der Waals surface area contributed by atoms with Gasteiger partial charge in [0.25, 0.3) is 5.91 Å². The smallest absolute Gasteiger partial charge is 0.257 e. The molecule has 1 unspecified atom stereocenters. The molecule has 1 amide bonds. The average Bonchev–Trinajstić information content (AvgIpc) is 3.20. The number of carbonyl (C=O) groups is 1. The van der Waals surface area contributed by atoms with E-state index in [0.717, 1.165) is 40.3 Å². The van der Waals surface area contributed by atoms with Crippen molar-refractivity contribution in [1.82, 2.24) is 10.2 Å². The number of nitrogens with one attached hydrogen (secondary N) is 2. The van der Waals surface area contributed by atoms with Crippen LogP contribution in [0.3, 0.4) is 0 Å². The highest BCUT2D eigenvalue weighted by atomic mass is 16.5. The van der Waals surface area contributed by atoms with Crippen LogP contribution in [-0.2, 0) is 0 Å². The molecular weight excluding hydrogens is 374 g/mol. The summed E-state index contributed by atoms with van der Waals surface area (Å²) < 4.78 is 5.99. The highest BCUT2D eigenvalue weighted by molar-refractivity contribution is 6.14. The summed E-state index contributed by atoms with van der Waals surface area (Å²) in [5.74, 6) is 1.73. The van der Waals surface area contributed by atoms with E-state index in [2.05, 4.69) is 27.7 Å². The predicted molar refractivity (Wildman–Crippen MR) is 120 cm³/mol. The highest BCUT2D eigenvalue weighted by Gasteiger charge is 2.15. The van der Waals surface area contributed by atoms with Crippen LogP contribution in [0.5, 0.6) is 5.75 Å². The molecule has 1 aromatic heterocycles. The first-order chi connectivity index (χ1) is 14.8. The van der Waals surface area contributed by atoms with Crippen LogP contribution in [-0.4, -0.2) is 22.7 Å². The molecule has 5 rings (SSSR count). The molecule has 30 heavy (non-hydrogen) atoms. The zero-order chi connectivity index (χ0) is 20.3. The van der Waals surface area contributed by atoms with Crippen molar-refractivity contribution in [2.24, 2.45) is 5.92 Å². The van der Waals surface area contributed by atoms with Crippen LogP contribution < -0.4 is 10.1 Å². The summed E-state index contributed by atoms with van der Waals surface area (Å²) in [7, 11) is 0. The molecule has 150 valence electrons. The lowest BCUT2D eigenvalue weighted by atomic mass is 9.95. The van der Waals surface area contributed by atoms with Crippen LogP contribution in [0.2, 0.25) is 0 Å². The van der Waals surface area contributed by atoms with Gasteiger partial charge in [0.1, 0.15) is 5.75 Å². The average molecular weight is 397 g/mol. The number of rotatable bonds is 5. The Labute approximate surface area is 174 Å². The molecule has 3 aromatic carbocycles. The molecule has 0 fully saturated rings. The summed E-state index contributed by atoms with van der Waals surface area (Å²) >= 11 is 0. The maximum Gasteiger partial charge on any atom is 0.257 e. The third-order valence-electron chi connectivity index (χ3n) is 5.66. The van der Waals surface area contributed by atoms with E-state index < -0.39 is 0 Å². The van der Waals surface area contributed by atoms with Crippen molar-refractivity contribution in [3.8, 4) is 5.75 Å². The van der Waals surface area contributed by atoms with Crippen molar-refractivity contribution < 1.29 is 9.53 Å². The van der Waals surface area contributed by atoms with Crippen LogP contribution >= 0.6 is 0 Å². The van der Waals surface area contributed by atoms with E-state index in [1.54, 1.807) is 0 Å². The molecule has 0 aliphatic heterocycles. The van der Waals surface area contributed by atoms with E-state index in [-0.39, 0.29) is 5.91 Å². The Bertz CT molecular complexity index is 1240. The summed E-state index contributed by atoms with van der Waals surface area (Å²) in [4.78, 5) is 12.9. The molecule has 5 nitrogen and oxygen atoms in total. The van der Waals surface area contributed by atoms with E-state index in [1.807, 2.05) is 60.7 Å². The summed E-state index contributed by atoms with van der Waals surface area (Å²) in [6.45, 7) is 0.717. The first-order valence-corrected chi connectivity index (χ1v) is 10.3. The Morgan fingerprint density at radius 2 is 1.97 bits per heavy atom. The number of nitrogens with zero attached hydrogens (tertiary/aromatic N) is 1. The maximum absolute atomic E-state index is 12.9. The largest absolute Gasteiger partial charge is 0.493 e. The van der Waals surface area contributed by atoms with Crippen LogP contribution in [0.15, 0.2) is 72.8 Å². The van der Waals surface area contributed by atoms with Crippen LogP contribution in [0.4, 0.5) is 5.82 Å². The number of aromatic amines is 1. The SMILES string of the molecule is O=C(Nc1n[nH]c2cc(OCC3CC=CCC3)ccc12)c1cccc2ccccc12. The fourth-order valence-corrected chi connectivity index (χ4v) is 4.00. The molecule has 2 N–H and O–H groups in total. The van der Waals surface area contributed by atoms with Gasteiger partial charge in [-0.25, -0.2) is 0 Å². The van der Waals surface area contributed by atoms with Gasteiger partial charge in [-0.1, -0.05) is 48.6 Å². The van der Waals surface area contributed by atoms with Crippen molar-refractivity contribution in [2.45, 2.75) is 19.3 Å². The van der Waals surface area contributed by atoms with Gasteiger partial charge in [-0.2, -0.15) is 5.10 Å². The lowest BCUT2D eigenvalue weighted by Crippen LogP contribution is -2.13. The van der Waals surface area contributed by atoms with Crippen LogP contribution in [0.1, 0.15) is 29.6 Å². The maximum atomic E-state index is 12.9. The van der Waals surface area contributed by atoms with Gasteiger partial charge >= 0.3 is 0 Å². The van der Waals surface area contributed by atoms with E-state index >= 15 is 0 Å². The number of aromatic nitrogens is 2. The Morgan fingerprint density at radius 3 is 2.87 bits per heavy atom. The third kappa shape index (κ3) is 3.66. The normalized spacial score (nSPS) is 16.1. The molecule has 0 radical (unpaired) electrons. The van der Waals surface area contributed by atoms with Gasteiger partial charge in [0.05, 0.1) is 12.1 Å². The van der Waals surface area contributed by atoms with E-state index in [4.69, 9.17) is 4.74 Å². The highest BCUT2D eigenvalue weighted by Crippen LogP contribution is 2.27. The second-order valence-electron chi connectivity index (χ2n) is 7.72. The Balaban J connectivity index is 1.33. The lowest BCUT2D eigenvalue weighted by Gasteiger charge is -2.18. The summed E-state index contributed by atoms with van der Waals surface area (Å²) in [6, 6.07) is 19.4. The fraction of sp³-hybridized carbons (Fsp3) is 0.200. The minimum absolute atomic E-state index is 0.175. The number of benzene rings is 3. The van der Waals surface area contributed by atoms with Gasteiger partial charge < -0.3 is 10.1 Å². The van der Waals surface area contributed by atoms with Gasteiger partial charge in [-0.15, -0.1) is 0 Å². The number of ether oxygens (including phenoxy) is 1. The number of allylic oxidation sites excluding steroid dienone is 2. The fourth-order valence-electron chi connectivity index (χ4n) is 4.00. The summed E-state index contributed by atoms with van der Waals surface area (Å²) in [5, 5.41) is 13.1. The first-order valence-electron chi connectivity index (χ1n) is 10.3. The predicted octanol–water partition coefficient (Wildman–Crippen LogP) is 5.70. The number of amides is 1. The first kappa shape index (κ1) is 18.4. The molecule has 0 saturated heterocycles. The van der Waals surface area contributed by atoms with Crippen LogP contribution in [0, 0.1) is 5.92 Å². The summed E-state index contributed by atoms with van der Waals surface area (Å²) in [5.41, 5.74) is 1.47. The standard InChI is InChI=1S/C25H23N3O2/c29-25(21-12-6-10-18-9-4-5-11-20(18)21)26-24-22-14-13-19(15-23(22)27-28-24)30-16-17-7-2-1-3-8-17/h1-2,4-6,9-15,17H,3,7-8,16H2,(H2,26,27,28,29). The number of carbonyl (C=O) groups excluding carboxylic acids is 1. The van der Waals surface area contributed by atoms with Crippen molar-refractivity contribution in [1.29, 1.82) is 0 Å². The minimum Gasteiger partial charge on any atom is -0.493 e. The molecular formula is C25H23N3O2. The van der Waals surface area contributed by atoms with Crippen molar-refractivity contribution in [2.75, 3.05) is 11.9 Å². The summed E-state index contributed by atoms with van der Waals surface area (Å²) in [6.07, 6.45) is 7.86. The molecule has 1 aliphatic carbocycles. The van der Waals surface area contributed by atoms with Crippen LogP contribution in [0.25, 0.3) is 21.7 Å². The monoisotopic (exact) mass is 397 g/mol. The molecule has 5 heteroatoms. The van der Waals surface area contributed by atoms with Gasteiger partial charge in [-0.3, -0.25) is 9.89 Å². The lowest BCUT2D eigenvalue weighted by molar-refractivity contribution is 0.102. The zero-order valence-corrected chi connectivity index (χ0v) is 16.6. The van der Waals surface area contributed by atoms with Crippen molar-refractivity contribution in [3.05, 3.63) is 78.4 Å². The third-order valence-corrected chi connectivity index (χ3v) is 5.66. The van der Waals surface area contributed by atoms with Gasteiger partial charge in [0.15, 0.2) is 5.82 Å². The van der Waals surface area contributed by atoms with E-state index in [1.165, 1.54) is 6.42 Å². The molecule has 0 saturated carbocycles. The molecule has 0 bridgehead atoms. The molecule has 0 spiro atoms. The van der Waals surface area contributed by atoms with Gasteiger partial charge in [0.2, 0.25) is 0 Å². The van der Waals surface area contributed by atoms with E-state index in [0.29, 0.717) is 23.9 Å². The molecule has 1 aliphatic rings. The quantitative estimate of drug-likeness (QED) is 0.424. The Morgan fingerprint density at radius 1 is 1.07 bits per heavy atom. The molecule has 1 heterocycles. The zero-order valence-electron chi connectivity index (χ0n) is 16.6. The Hall–Kier alpha value is -3.60. The van der Waals surface area contributed by atoms with Gasteiger partial charge in [-0.05, 0) is 54.2 Å². The number of hydrogen-bond acceptors (Lipinski definition) is 3.